The number of hydrogen-bond donors (Lipinski definition) is 1. The molecule has 3 nitrogen and oxygen atoms in total. The van der Waals surface area contributed by atoms with Crippen molar-refractivity contribution in [2.75, 3.05) is 6.54 Å². The van der Waals surface area contributed by atoms with Crippen molar-refractivity contribution in [2.45, 2.75) is 25.7 Å². The molecule has 0 unspecified atom stereocenters. The Morgan fingerprint density at radius 3 is 2.10 bits per heavy atom. The number of nitrogens with zero attached hydrogens (tertiary/aromatic N) is 1. The van der Waals surface area contributed by atoms with Gasteiger partial charge in [-0.3, -0.25) is 4.79 Å². The summed E-state index contributed by atoms with van der Waals surface area (Å²) in [5.74, 6) is -1.02. The first-order valence-electron chi connectivity index (χ1n) is 9.04. The van der Waals surface area contributed by atoms with Gasteiger partial charge in [-0.15, -0.1) is 11.3 Å². The van der Waals surface area contributed by atoms with Crippen molar-refractivity contribution < 1.29 is 31.1 Å². The fraction of sp³-hybridized carbons (Fsp3) is 0.238. The molecule has 0 bridgehead atoms. The Bertz CT molecular complexity index is 1040. The molecule has 0 atom stereocenters. The highest BCUT2D eigenvalue weighted by Crippen LogP contribution is 2.36. The van der Waals surface area contributed by atoms with E-state index in [4.69, 9.17) is 0 Å². The molecular weight excluding hydrogens is 442 g/mol. The van der Waals surface area contributed by atoms with Crippen LogP contribution in [0.2, 0.25) is 0 Å². The number of hydrogen-bond acceptors (Lipinski definition) is 3. The third kappa shape index (κ3) is 5.63. The zero-order chi connectivity index (χ0) is 22.8. The van der Waals surface area contributed by atoms with Crippen LogP contribution in [0.25, 0.3) is 11.3 Å². The molecule has 31 heavy (non-hydrogen) atoms. The van der Waals surface area contributed by atoms with E-state index in [-0.39, 0.29) is 19.0 Å². The van der Waals surface area contributed by atoms with Crippen molar-refractivity contribution in [3.05, 3.63) is 75.1 Å². The molecule has 0 fully saturated rings. The van der Waals surface area contributed by atoms with Crippen LogP contribution < -0.4 is 5.32 Å². The first-order valence-corrected chi connectivity index (χ1v) is 9.86. The van der Waals surface area contributed by atoms with Gasteiger partial charge in [0.25, 0.3) is 5.91 Å². The fourth-order valence-corrected chi connectivity index (χ4v) is 3.85. The lowest BCUT2D eigenvalue weighted by molar-refractivity contribution is -0.143. The van der Waals surface area contributed by atoms with Crippen LogP contribution in [0.4, 0.5) is 26.3 Å². The number of rotatable bonds is 5. The van der Waals surface area contributed by atoms with Crippen LogP contribution in [0.1, 0.15) is 31.4 Å². The van der Waals surface area contributed by atoms with Crippen molar-refractivity contribution >= 4 is 17.2 Å². The summed E-state index contributed by atoms with van der Waals surface area (Å²) in [4.78, 5) is 17.7. The van der Waals surface area contributed by atoms with Crippen molar-refractivity contribution in [1.82, 2.24) is 10.3 Å². The first-order chi connectivity index (χ1) is 14.4. The Kier molecular flexibility index (Phi) is 6.40. The Morgan fingerprint density at radius 1 is 0.968 bits per heavy atom. The largest absolute Gasteiger partial charge is 0.416 e. The summed E-state index contributed by atoms with van der Waals surface area (Å²) in [6, 6.07) is 10.2. The van der Waals surface area contributed by atoms with Crippen LogP contribution in [-0.4, -0.2) is 17.4 Å². The molecule has 3 aromatic rings. The smallest absolute Gasteiger partial charge is 0.352 e. The van der Waals surface area contributed by atoms with Crippen molar-refractivity contribution in [2.24, 2.45) is 0 Å². The molecule has 1 heterocycles. The quantitative estimate of drug-likeness (QED) is 0.468. The zero-order valence-electron chi connectivity index (χ0n) is 16.1. The molecule has 2 aromatic carbocycles. The molecule has 164 valence electrons. The van der Waals surface area contributed by atoms with Crippen LogP contribution in [-0.2, 0) is 18.8 Å². The van der Waals surface area contributed by atoms with Crippen LogP contribution in [0.3, 0.4) is 0 Å². The van der Waals surface area contributed by atoms with Gasteiger partial charge in [0.15, 0.2) is 0 Å². The van der Waals surface area contributed by atoms with Crippen LogP contribution in [0.15, 0.2) is 48.5 Å². The molecule has 0 spiro atoms. The predicted octanol–water partition coefficient (Wildman–Crippen LogP) is 6.13. The summed E-state index contributed by atoms with van der Waals surface area (Å²) in [5, 5.41) is 3.06. The molecule has 1 amide bonds. The second kappa shape index (κ2) is 8.70. The molecule has 0 aliphatic heterocycles. The number of nitrogens with one attached hydrogen (secondary N) is 1. The Labute approximate surface area is 177 Å². The Balaban J connectivity index is 1.72. The maximum absolute atomic E-state index is 12.9. The van der Waals surface area contributed by atoms with Crippen LogP contribution in [0, 0.1) is 6.92 Å². The molecule has 10 heteroatoms. The highest BCUT2D eigenvalue weighted by atomic mass is 32.1. The number of thiazole rings is 1. The number of carbonyl (C=O) groups excluding carboxylic acids is 1. The number of aromatic nitrogens is 1. The molecular formula is C21H16F6N2OS. The lowest BCUT2D eigenvalue weighted by atomic mass is 10.0. The van der Waals surface area contributed by atoms with Gasteiger partial charge in [0, 0.05) is 29.0 Å². The third-order valence-electron chi connectivity index (χ3n) is 4.36. The highest BCUT2D eigenvalue weighted by Gasteiger charge is 2.37. The normalized spacial score (nSPS) is 12.1. The number of aryl methyl sites for hydroxylation is 1. The van der Waals surface area contributed by atoms with E-state index in [1.807, 2.05) is 37.3 Å². The van der Waals surface area contributed by atoms with E-state index in [1.165, 1.54) is 11.3 Å². The second-order valence-corrected chi connectivity index (χ2v) is 7.97. The zero-order valence-corrected chi connectivity index (χ0v) is 16.9. The lowest BCUT2D eigenvalue weighted by Gasteiger charge is -2.14. The fourth-order valence-electron chi connectivity index (χ4n) is 2.89. The number of benzene rings is 2. The van der Waals surface area contributed by atoms with Gasteiger partial charge < -0.3 is 5.32 Å². The van der Waals surface area contributed by atoms with E-state index in [2.05, 4.69) is 10.3 Å². The molecule has 0 saturated heterocycles. The van der Waals surface area contributed by atoms with Crippen LogP contribution >= 0.6 is 11.3 Å². The van der Waals surface area contributed by atoms with Crippen LogP contribution in [0.5, 0.6) is 0 Å². The molecule has 0 aliphatic carbocycles. The maximum atomic E-state index is 12.9. The van der Waals surface area contributed by atoms with Crippen molar-refractivity contribution in [3.8, 4) is 11.3 Å². The lowest BCUT2D eigenvalue weighted by Crippen LogP contribution is -2.26. The average Bonchev–Trinajstić information content (AvgIpc) is 3.07. The summed E-state index contributed by atoms with van der Waals surface area (Å²) < 4.78 is 77.7. The number of amides is 1. The minimum Gasteiger partial charge on any atom is -0.352 e. The first kappa shape index (κ1) is 22.8. The summed E-state index contributed by atoms with van der Waals surface area (Å²) in [6.45, 7) is 1.90. The van der Waals surface area contributed by atoms with Gasteiger partial charge >= 0.3 is 12.4 Å². The molecule has 0 aliphatic rings. The topological polar surface area (TPSA) is 42.0 Å². The summed E-state index contributed by atoms with van der Waals surface area (Å²) >= 11 is 1.41. The van der Waals surface area contributed by atoms with E-state index in [0.717, 1.165) is 16.1 Å². The highest BCUT2D eigenvalue weighted by molar-refractivity contribution is 7.12. The monoisotopic (exact) mass is 458 g/mol. The SMILES string of the molecule is Cc1sc(CCNC(=O)c2cc(C(F)(F)F)cc(C(F)(F)F)c2)nc1-c1ccccc1. The summed E-state index contributed by atoms with van der Waals surface area (Å²) in [7, 11) is 0. The second-order valence-electron chi connectivity index (χ2n) is 6.68. The summed E-state index contributed by atoms with van der Waals surface area (Å²) in [5.41, 5.74) is -2.05. The molecule has 1 N–H and O–H groups in total. The van der Waals surface area contributed by atoms with E-state index in [9.17, 15) is 31.1 Å². The van der Waals surface area contributed by atoms with E-state index in [0.29, 0.717) is 17.1 Å². The van der Waals surface area contributed by atoms with Crippen molar-refractivity contribution in [1.29, 1.82) is 0 Å². The minimum atomic E-state index is -5.01. The summed E-state index contributed by atoms with van der Waals surface area (Å²) in [6.07, 6.45) is -9.74. The average molecular weight is 458 g/mol. The van der Waals surface area contributed by atoms with E-state index in [1.54, 1.807) is 0 Å². The standard InChI is InChI=1S/C21H16F6N2OS/c1-12-18(13-5-3-2-4-6-13)29-17(31-12)7-8-28-19(30)14-9-15(20(22,23)24)11-16(10-14)21(25,26)27/h2-6,9-11H,7-8H2,1H3,(H,28,30). The van der Waals surface area contributed by atoms with E-state index >= 15 is 0 Å². The number of alkyl halides is 6. The van der Waals surface area contributed by atoms with Gasteiger partial charge in [-0.25, -0.2) is 4.98 Å². The van der Waals surface area contributed by atoms with Gasteiger partial charge in [-0.1, -0.05) is 30.3 Å². The van der Waals surface area contributed by atoms with Gasteiger partial charge in [0.05, 0.1) is 21.8 Å². The van der Waals surface area contributed by atoms with Gasteiger partial charge in [-0.2, -0.15) is 26.3 Å². The van der Waals surface area contributed by atoms with Gasteiger partial charge in [0.1, 0.15) is 0 Å². The van der Waals surface area contributed by atoms with Crippen molar-refractivity contribution in [3.63, 3.8) is 0 Å². The maximum Gasteiger partial charge on any atom is 0.416 e. The molecule has 3 rings (SSSR count). The molecule has 0 saturated carbocycles. The Morgan fingerprint density at radius 2 is 1.55 bits per heavy atom. The minimum absolute atomic E-state index is 0.0115. The molecule has 1 aromatic heterocycles. The van der Waals surface area contributed by atoms with Gasteiger partial charge in [-0.05, 0) is 25.1 Å². The number of carbonyl (C=O) groups is 1. The number of halogens is 6. The Hall–Kier alpha value is -2.88. The predicted molar refractivity (Wildman–Crippen MR) is 105 cm³/mol. The molecule has 0 radical (unpaired) electrons. The van der Waals surface area contributed by atoms with Gasteiger partial charge in [0.2, 0.25) is 0 Å². The van der Waals surface area contributed by atoms with E-state index < -0.39 is 35.0 Å². The third-order valence-corrected chi connectivity index (χ3v) is 5.39.